The number of imidazole rings is 1. The van der Waals surface area contributed by atoms with Crippen molar-refractivity contribution in [1.29, 1.82) is 0 Å². The molecule has 2 aromatic rings. The number of aryl methyl sites for hydroxylation is 1. The number of nitrogens with zero attached hydrogens (tertiary/aromatic N) is 3. The lowest BCUT2D eigenvalue weighted by Crippen LogP contribution is -2.18. The van der Waals surface area contributed by atoms with Crippen molar-refractivity contribution < 1.29 is 4.39 Å². The lowest BCUT2D eigenvalue weighted by molar-refractivity contribution is 0.392. The molecular formula is C14H17ClFN3. The fraction of sp³-hybridized carbons (Fsp3) is 0.500. The van der Waals surface area contributed by atoms with E-state index in [0.29, 0.717) is 11.9 Å². The van der Waals surface area contributed by atoms with Gasteiger partial charge >= 0.3 is 0 Å². The fourth-order valence-corrected chi connectivity index (χ4v) is 3.08. The van der Waals surface area contributed by atoms with Crippen LogP contribution in [0.5, 0.6) is 0 Å². The van der Waals surface area contributed by atoms with Gasteiger partial charge in [-0.05, 0) is 32.1 Å². The maximum Gasteiger partial charge on any atom is 0.125 e. The molecule has 0 amide bonds. The molecule has 0 saturated carbocycles. The number of rotatable bonds is 3. The molecule has 1 unspecified atom stereocenters. The molecule has 0 spiro atoms. The van der Waals surface area contributed by atoms with Crippen LogP contribution in [0.25, 0.3) is 11.0 Å². The van der Waals surface area contributed by atoms with Gasteiger partial charge in [-0.15, -0.1) is 11.6 Å². The molecule has 0 radical (unpaired) electrons. The molecule has 1 aromatic heterocycles. The normalized spacial score (nSPS) is 20.5. The summed E-state index contributed by atoms with van der Waals surface area (Å²) in [6, 6.07) is 5.25. The summed E-state index contributed by atoms with van der Waals surface area (Å²) in [5.41, 5.74) is 1.75. The van der Waals surface area contributed by atoms with Crippen LogP contribution in [0, 0.1) is 5.82 Å². The van der Waals surface area contributed by atoms with Gasteiger partial charge in [0.2, 0.25) is 0 Å². The molecule has 2 heterocycles. The Hall–Kier alpha value is -1.13. The first kappa shape index (κ1) is 12.9. The maximum atomic E-state index is 13.3. The molecule has 1 aliphatic heterocycles. The van der Waals surface area contributed by atoms with Crippen LogP contribution in [0.4, 0.5) is 4.39 Å². The van der Waals surface area contributed by atoms with Gasteiger partial charge in [-0.25, -0.2) is 9.37 Å². The molecule has 1 saturated heterocycles. The first-order chi connectivity index (χ1) is 9.19. The van der Waals surface area contributed by atoms with Crippen molar-refractivity contribution in [2.24, 2.45) is 0 Å². The second kappa shape index (κ2) is 5.10. The Morgan fingerprint density at radius 3 is 3.00 bits per heavy atom. The minimum absolute atomic E-state index is 0.238. The van der Waals surface area contributed by atoms with E-state index in [1.165, 1.54) is 12.1 Å². The van der Waals surface area contributed by atoms with Crippen LogP contribution in [-0.2, 0) is 6.42 Å². The molecule has 1 aromatic carbocycles. The zero-order valence-corrected chi connectivity index (χ0v) is 11.7. The number of fused-ring (bicyclic) bond motifs is 1. The zero-order valence-electron chi connectivity index (χ0n) is 10.9. The van der Waals surface area contributed by atoms with Gasteiger partial charge in [-0.1, -0.05) is 0 Å². The number of likely N-dealkylation sites (tertiary alicyclic amines) is 1. The quantitative estimate of drug-likeness (QED) is 0.807. The van der Waals surface area contributed by atoms with Crippen molar-refractivity contribution in [3.8, 4) is 0 Å². The van der Waals surface area contributed by atoms with Crippen molar-refractivity contribution in [2.75, 3.05) is 26.0 Å². The largest absolute Gasteiger partial charge is 0.323 e. The van der Waals surface area contributed by atoms with E-state index >= 15 is 0 Å². The van der Waals surface area contributed by atoms with E-state index in [1.807, 2.05) is 6.07 Å². The topological polar surface area (TPSA) is 21.1 Å². The van der Waals surface area contributed by atoms with E-state index in [4.69, 9.17) is 11.6 Å². The minimum Gasteiger partial charge on any atom is -0.323 e. The molecule has 3 rings (SSSR count). The first-order valence-corrected chi connectivity index (χ1v) is 7.13. The van der Waals surface area contributed by atoms with Crippen molar-refractivity contribution in [3.05, 3.63) is 29.8 Å². The Morgan fingerprint density at radius 1 is 1.47 bits per heavy atom. The highest BCUT2D eigenvalue weighted by molar-refractivity contribution is 6.17. The van der Waals surface area contributed by atoms with Crippen LogP contribution in [0.1, 0.15) is 18.3 Å². The van der Waals surface area contributed by atoms with Crippen molar-refractivity contribution >= 4 is 22.6 Å². The summed E-state index contributed by atoms with van der Waals surface area (Å²) in [6.07, 6.45) is 1.83. The summed E-state index contributed by atoms with van der Waals surface area (Å²) in [6.45, 7) is 2.10. The van der Waals surface area contributed by atoms with Crippen LogP contribution in [0.2, 0.25) is 0 Å². The molecule has 5 heteroatoms. The van der Waals surface area contributed by atoms with Crippen molar-refractivity contribution in [2.45, 2.75) is 18.9 Å². The van der Waals surface area contributed by atoms with E-state index < -0.39 is 0 Å². The van der Waals surface area contributed by atoms with Gasteiger partial charge in [-0.3, -0.25) is 0 Å². The average molecular weight is 282 g/mol. The molecule has 0 N–H and O–H groups in total. The SMILES string of the molecule is CN1CCC(n2c(CCCl)nc3cc(F)ccc32)C1. The number of hydrogen-bond acceptors (Lipinski definition) is 2. The molecule has 19 heavy (non-hydrogen) atoms. The second-order valence-electron chi connectivity index (χ2n) is 5.17. The molecule has 0 aliphatic carbocycles. The molecule has 1 aliphatic rings. The third-order valence-electron chi connectivity index (χ3n) is 3.77. The van der Waals surface area contributed by atoms with Crippen LogP contribution in [0.3, 0.4) is 0 Å². The zero-order chi connectivity index (χ0) is 13.4. The number of benzene rings is 1. The van der Waals surface area contributed by atoms with Crippen molar-refractivity contribution in [1.82, 2.24) is 14.5 Å². The smallest absolute Gasteiger partial charge is 0.125 e. The Balaban J connectivity index is 2.11. The summed E-state index contributed by atoms with van der Waals surface area (Å²) in [5.74, 6) is 1.27. The highest BCUT2D eigenvalue weighted by Crippen LogP contribution is 2.28. The van der Waals surface area contributed by atoms with Gasteiger partial charge < -0.3 is 9.47 Å². The molecule has 102 valence electrons. The lowest BCUT2D eigenvalue weighted by atomic mass is 10.2. The highest BCUT2D eigenvalue weighted by Gasteiger charge is 2.25. The number of aromatic nitrogens is 2. The summed E-state index contributed by atoms with van der Waals surface area (Å²) >= 11 is 5.86. The van der Waals surface area contributed by atoms with Gasteiger partial charge in [0.1, 0.15) is 11.6 Å². The Kier molecular flexibility index (Phi) is 3.46. The molecule has 3 nitrogen and oxygen atoms in total. The molecule has 1 atom stereocenters. The van der Waals surface area contributed by atoms with Crippen LogP contribution in [-0.4, -0.2) is 40.5 Å². The van der Waals surface area contributed by atoms with Crippen LogP contribution in [0.15, 0.2) is 18.2 Å². The molecule has 0 bridgehead atoms. The Labute approximate surface area is 117 Å². The predicted molar refractivity (Wildman–Crippen MR) is 75.3 cm³/mol. The number of likely N-dealkylation sites (N-methyl/N-ethyl adjacent to an activating group) is 1. The van der Waals surface area contributed by atoms with E-state index in [1.54, 1.807) is 0 Å². The third kappa shape index (κ3) is 2.35. The summed E-state index contributed by atoms with van der Waals surface area (Å²) in [7, 11) is 2.13. The molecule has 1 fully saturated rings. The van der Waals surface area contributed by atoms with E-state index in [0.717, 1.165) is 42.8 Å². The monoisotopic (exact) mass is 281 g/mol. The summed E-state index contributed by atoms with van der Waals surface area (Å²) < 4.78 is 15.6. The standard InChI is InChI=1S/C14H17ClFN3/c1-18-7-5-11(9-18)19-13-3-2-10(16)8-12(13)17-14(19)4-6-15/h2-3,8,11H,4-7,9H2,1H3. The minimum atomic E-state index is -0.238. The second-order valence-corrected chi connectivity index (χ2v) is 5.55. The van der Waals surface area contributed by atoms with Gasteiger partial charge in [0.25, 0.3) is 0 Å². The lowest BCUT2D eigenvalue weighted by Gasteiger charge is -2.16. The maximum absolute atomic E-state index is 13.3. The first-order valence-electron chi connectivity index (χ1n) is 6.60. The van der Waals surface area contributed by atoms with Crippen LogP contribution < -0.4 is 0 Å². The predicted octanol–water partition coefficient (Wildman–Crippen LogP) is 2.83. The van der Waals surface area contributed by atoms with Gasteiger partial charge in [0.15, 0.2) is 0 Å². The number of halogens is 2. The fourth-order valence-electron chi connectivity index (χ4n) is 2.91. The van der Waals surface area contributed by atoms with E-state index in [9.17, 15) is 4.39 Å². The van der Waals surface area contributed by atoms with Crippen molar-refractivity contribution in [3.63, 3.8) is 0 Å². The summed E-state index contributed by atoms with van der Waals surface area (Å²) in [5, 5.41) is 0. The van der Waals surface area contributed by atoms with E-state index in [-0.39, 0.29) is 5.82 Å². The highest BCUT2D eigenvalue weighted by atomic mass is 35.5. The Bertz CT molecular complexity index is 596. The number of alkyl halides is 1. The molecular weight excluding hydrogens is 265 g/mol. The Morgan fingerprint density at radius 2 is 2.32 bits per heavy atom. The van der Waals surface area contributed by atoms with E-state index in [2.05, 4.69) is 21.5 Å². The summed E-state index contributed by atoms with van der Waals surface area (Å²) in [4.78, 5) is 6.86. The van der Waals surface area contributed by atoms with Gasteiger partial charge in [-0.2, -0.15) is 0 Å². The average Bonchev–Trinajstić information content (AvgIpc) is 2.92. The third-order valence-corrected chi connectivity index (χ3v) is 3.96. The number of hydrogen-bond donors (Lipinski definition) is 0. The van der Waals surface area contributed by atoms with Crippen LogP contribution >= 0.6 is 11.6 Å². The van der Waals surface area contributed by atoms with Gasteiger partial charge in [0, 0.05) is 31.0 Å². The van der Waals surface area contributed by atoms with Gasteiger partial charge in [0.05, 0.1) is 11.0 Å².